The number of ether oxygens (including phenoxy) is 2. The highest BCUT2D eigenvalue weighted by Crippen LogP contribution is 2.44. The van der Waals surface area contributed by atoms with Crippen LogP contribution >= 0.6 is 0 Å². The first kappa shape index (κ1) is 23.0. The highest BCUT2D eigenvalue weighted by atomic mass is 16.6. The molecule has 1 aromatic heterocycles. The van der Waals surface area contributed by atoms with E-state index >= 15 is 0 Å². The fourth-order valence-electron chi connectivity index (χ4n) is 4.63. The molecule has 0 bridgehead atoms. The van der Waals surface area contributed by atoms with Gasteiger partial charge in [0.1, 0.15) is 17.8 Å². The number of carbonyl (C=O) groups excluding carboxylic acids is 1. The molecule has 0 saturated heterocycles. The molecule has 4 aromatic rings. The molecule has 1 aliphatic rings. The minimum atomic E-state index is -0.520. The summed E-state index contributed by atoms with van der Waals surface area (Å²) < 4.78 is 12.6. The number of carbonyl (C=O) groups is 1. The molecule has 10 nitrogen and oxygen atoms in total. The van der Waals surface area contributed by atoms with Gasteiger partial charge in [-0.05, 0) is 36.2 Å². The van der Waals surface area contributed by atoms with E-state index in [1.807, 2.05) is 48.5 Å². The molecule has 0 radical (unpaired) electrons. The lowest BCUT2D eigenvalue weighted by molar-refractivity contribution is -0.384. The number of rotatable bonds is 6. The van der Waals surface area contributed by atoms with E-state index in [1.54, 1.807) is 29.9 Å². The number of nitro groups is 1. The predicted octanol–water partition coefficient (Wildman–Crippen LogP) is 4.58. The lowest BCUT2D eigenvalue weighted by Gasteiger charge is -2.39. The third-order valence-electron chi connectivity index (χ3n) is 6.34. The number of fused-ring (bicyclic) bond motifs is 1. The third-order valence-corrected chi connectivity index (χ3v) is 6.34. The van der Waals surface area contributed by atoms with Crippen LogP contribution in [0.5, 0.6) is 11.5 Å². The molecule has 5 rings (SSSR count). The quantitative estimate of drug-likeness (QED) is 0.290. The van der Waals surface area contributed by atoms with Gasteiger partial charge in [0.25, 0.3) is 11.6 Å². The van der Waals surface area contributed by atoms with Crippen LogP contribution in [0.15, 0.2) is 79.1 Å². The Morgan fingerprint density at radius 2 is 1.78 bits per heavy atom. The maximum absolute atomic E-state index is 13.9. The van der Waals surface area contributed by atoms with Crippen molar-refractivity contribution >= 4 is 17.5 Å². The summed E-state index contributed by atoms with van der Waals surface area (Å²) in [6.07, 6.45) is 1.88. The van der Waals surface area contributed by atoms with Crippen molar-refractivity contribution in [2.45, 2.75) is 18.5 Å². The van der Waals surface area contributed by atoms with Gasteiger partial charge in [0, 0.05) is 23.3 Å². The second-order valence-electron chi connectivity index (χ2n) is 8.27. The first-order valence-corrected chi connectivity index (χ1v) is 11.3. The summed E-state index contributed by atoms with van der Waals surface area (Å²) in [5.74, 6) is 1.33. The minimum absolute atomic E-state index is 0.160. The van der Waals surface area contributed by atoms with E-state index in [0.717, 1.165) is 11.1 Å². The van der Waals surface area contributed by atoms with Crippen molar-refractivity contribution in [3.05, 3.63) is 106 Å². The van der Waals surface area contributed by atoms with E-state index in [9.17, 15) is 14.9 Å². The number of non-ortho nitro benzene ring substituents is 1. The largest absolute Gasteiger partial charge is 0.497 e. The number of para-hydroxylation sites is 1. The molecular weight excluding hydrogens is 462 g/mol. The summed E-state index contributed by atoms with van der Waals surface area (Å²) in [6.45, 7) is 0. The van der Waals surface area contributed by atoms with Crippen molar-refractivity contribution in [1.82, 2.24) is 14.8 Å². The first-order chi connectivity index (χ1) is 17.5. The van der Waals surface area contributed by atoms with E-state index in [4.69, 9.17) is 9.47 Å². The van der Waals surface area contributed by atoms with Crippen molar-refractivity contribution in [2.24, 2.45) is 0 Å². The molecule has 0 aliphatic carbocycles. The van der Waals surface area contributed by atoms with Gasteiger partial charge >= 0.3 is 0 Å². The number of amides is 1. The summed E-state index contributed by atoms with van der Waals surface area (Å²) >= 11 is 0. The number of methoxy groups -OCH3 is 2. The predicted molar refractivity (Wildman–Crippen MR) is 131 cm³/mol. The molecule has 0 fully saturated rings. The Hall–Kier alpha value is -4.73. The molecule has 0 N–H and O–H groups in total. The Kier molecular flexibility index (Phi) is 6.07. The number of nitrogens with zero attached hydrogens (tertiary/aromatic N) is 5. The van der Waals surface area contributed by atoms with Gasteiger partial charge in [-0.1, -0.05) is 36.4 Å². The van der Waals surface area contributed by atoms with Gasteiger partial charge in [-0.25, -0.2) is 4.68 Å². The van der Waals surface area contributed by atoms with Crippen LogP contribution in [0, 0.1) is 10.1 Å². The average molecular weight is 486 g/mol. The van der Waals surface area contributed by atoms with E-state index < -0.39 is 16.9 Å². The average Bonchev–Trinajstić information content (AvgIpc) is 3.42. The number of nitro benzene ring substituents is 1. The smallest absolute Gasteiger partial charge is 0.270 e. The van der Waals surface area contributed by atoms with Crippen molar-refractivity contribution < 1.29 is 19.2 Å². The number of aromatic nitrogens is 3. The highest BCUT2D eigenvalue weighted by molar-refractivity contribution is 6.06. The summed E-state index contributed by atoms with van der Waals surface area (Å²) in [4.78, 5) is 30.7. The lowest BCUT2D eigenvalue weighted by atomic mass is 9.91. The van der Waals surface area contributed by atoms with E-state index in [0.29, 0.717) is 23.9 Å². The molecule has 182 valence electrons. The van der Waals surface area contributed by atoms with Crippen molar-refractivity contribution in [3.8, 4) is 11.5 Å². The normalized spacial score (nSPS) is 16.8. The van der Waals surface area contributed by atoms with Crippen molar-refractivity contribution in [2.75, 3.05) is 19.1 Å². The van der Waals surface area contributed by atoms with Gasteiger partial charge in [-0.15, -0.1) is 0 Å². The van der Waals surface area contributed by atoms with Crippen LogP contribution < -0.4 is 14.4 Å². The van der Waals surface area contributed by atoms with E-state index in [1.165, 1.54) is 24.5 Å². The van der Waals surface area contributed by atoms with Gasteiger partial charge in [0.05, 0.1) is 31.2 Å². The zero-order valence-corrected chi connectivity index (χ0v) is 19.6. The van der Waals surface area contributed by atoms with Crippen LogP contribution in [-0.2, 0) is 0 Å². The van der Waals surface area contributed by atoms with Gasteiger partial charge in [0.2, 0.25) is 5.95 Å². The number of hydrogen-bond donors (Lipinski definition) is 0. The lowest BCUT2D eigenvalue weighted by Crippen LogP contribution is -2.42. The molecule has 2 atom stereocenters. The molecule has 1 aliphatic heterocycles. The molecule has 0 saturated carbocycles. The fourth-order valence-corrected chi connectivity index (χ4v) is 4.63. The Bertz CT molecular complexity index is 1420. The Morgan fingerprint density at radius 1 is 1.00 bits per heavy atom. The molecule has 36 heavy (non-hydrogen) atoms. The molecule has 2 unspecified atom stereocenters. The van der Waals surface area contributed by atoms with Crippen molar-refractivity contribution in [1.29, 1.82) is 0 Å². The van der Waals surface area contributed by atoms with Crippen LogP contribution in [0.4, 0.5) is 11.6 Å². The molecular formula is C26H23N5O5. The van der Waals surface area contributed by atoms with Crippen LogP contribution in [-0.4, -0.2) is 39.8 Å². The molecule has 1 amide bonds. The zero-order chi connectivity index (χ0) is 25.2. The fraction of sp³-hybridized carbons (Fsp3) is 0.192. The SMILES string of the molecule is COc1ccc(C2CC(c3ccccc3OC)n3ncnc3N2C(=O)c2cccc([N+](=O)[O-])c2)cc1. The summed E-state index contributed by atoms with van der Waals surface area (Å²) in [7, 11) is 3.21. The molecule has 2 heterocycles. The Balaban J connectivity index is 1.66. The minimum Gasteiger partial charge on any atom is -0.497 e. The van der Waals surface area contributed by atoms with Crippen LogP contribution in [0.1, 0.15) is 40.0 Å². The molecule has 10 heteroatoms. The Labute approximate surface area is 206 Å². The molecule has 0 spiro atoms. The van der Waals surface area contributed by atoms with Gasteiger partial charge < -0.3 is 9.47 Å². The second-order valence-corrected chi connectivity index (χ2v) is 8.27. The van der Waals surface area contributed by atoms with Gasteiger partial charge in [-0.3, -0.25) is 19.8 Å². The number of benzene rings is 3. The van der Waals surface area contributed by atoms with Crippen LogP contribution in [0.2, 0.25) is 0 Å². The highest BCUT2D eigenvalue weighted by Gasteiger charge is 2.40. The zero-order valence-electron chi connectivity index (χ0n) is 19.6. The standard InChI is InChI=1S/C26H23N5O5/c1-35-20-12-10-17(11-13-20)22-15-23(21-8-3-4-9-24(21)36-2)30-26(27-16-28-30)29(22)25(32)18-6-5-7-19(14-18)31(33)34/h3-14,16,22-23H,15H2,1-2H3. The topological polar surface area (TPSA) is 113 Å². The van der Waals surface area contributed by atoms with Crippen LogP contribution in [0.3, 0.4) is 0 Å². The summed E-state index contributed by atoms with van der Waals surface area (Å²) in [5.41, 5.74) is 1.80. The Morgan fingerprint density at radius 3 is 2.50 bits per heavy atom. The second kappa shape index (κ2) is 9.49. The van der Waals surface area contributed by atoms with E-state index in [-0.39, 0.29) is 17.3 Å². The first-order valence-electron chi connectivity index (χ1n) is 11.3. The van der Waals surface area contributed by atoms with Crippen molar-refractivity contribution in [3.63, 3.8) is 0 Å². The number of anilines is 1. The van der Waals surface area contributed by atoms with E-state index in [2.05, 4.69) is 10.1 Å². The monoisotopic (exact) mass is 485 g/mol. The van der Waals surface area contributed by atoms with Crippen LogP contribution in [0.25, 0.3) is 0 Å². The maximum Gasteiger partial charge on any atom is 0.270 e. The van der Waals surface area contributed by atoms with Gasteiger partial charge in [-0.2, -0.15) is 10.1 Å². The molecule has 3 aromatic carbocycles. The summed E-state index contributed by atoms with van der Waals surface area (Å²) in [5, 5.41) is 15.8. The maximum atomic E-state index is 13.9. The summed E-state index contributed by atoms with van der Waals surface area (Å²) in [6, 6.07) is 20.2. The number of hydrogen-bond acceptors (Lipinski definition) is 7. The third kappa shape index (κ3) is 4.02. The van der Waals surface area contributed by atoms with Gasteiger partial charge in [0.15, 0.2) is 0 Å².